The maximum atomic E-state index is 5.36. The molecule has 0 atom stereocenters. The average Bonchev–Trinajstić information content (AvgIpc) is 2.42. The fraction of sp³-hybridized carbons (Fsp3) is 0.571. The van der Waals surface area contributed by atoms with Gasteiger partial charge >= 0.3 is 0 Å². The number of hydrogen-bond donors (Lipinski definition) is 1. The molecule has 1 aromatic carbocycles. The summed E-state index contributed by atoms with van der Waals surface area (Å²) >= 11 is 0. The van der Waals surface area contributed by atoms with Crippen LogP contribution in [0, 0.1) is 0 Å². The van der Waals surface area contributed by atoms with Crippen molar-refractivity contribution in [3.63, 3.8) is 0 Å². The summed E-state index contributed by atoms with van der Waals surface area (Å²) in [6.45, 7) is 8.19. The van der Waals surface area contributed by atoms with E-state index in [0.29, 0.717) is 0 Å². The molecule has 1 fully saturated rings. The standard InChI is InChI=1S/C8H11N.C6H13NO/c9-7-6-8-4-2-1-3-5-8;1-2-7-3-5-8-6-4-7/h1-5H,6-7,9H2;2-6H2,1H3. The Balaban J connectivity index is 0.000000171. The zero-order chi connectivity index (χ0) is 12.3. The molecule has 1 aromatic rings. The van der Waals surface area contributed by atoms with E-state index in [4.69, 9.17) is 10.5 Å². The smallest absolute Gasteiger partial charge is 0.0594 e. The van der Waals surface area contributed by atoms with E-state index in [-0.39, 0.29) is 0 Å². The Kier molecular flexibility index (Phi) is 7.63. The van der Waals surface area contributed by atoms with Crippen LogP contribution in [0.5, 0.6) is 0 Å². The maximum Gasteiger partial charge on any atom is 0.0594 e. The maximum absolute atomic E-state index is 5.36. The largest absolute Gasteiger partial charge is 0.379 e. The Hall–Kier alpha value is -0.900. The van der Waals surface area contributed by atoms with Gasteiger partial charge in [0, 0.05) is 13.1 Å². The fourth-order valence-corrected chi connectivity index (χ4v) is 1.73. The normalized spacial score (nSPS) is 16.1. The first-order valence-electron chi connectivity index (χ1n) is 6.41. The fourth-order valence-electron chi connectivity index (χ4n) is 1.73. The molecule has 3 nitrogen and oxygen atoms in total. The van der Waals surface area contributed by atoms with Crippen molar-refractivity contribution in [2.75, 3.05) is 39.4 Å². The van der Waals surface area contributed by atoms with Gasteiger partial charge in [0.15, 0.2) is 0 Å². The molecular weight excluding hydrogens is 212 g/mol. The van der Waals surface area contributed by atoms with Gasteiger partial charge in [-0.2, -0.15) is 0 Å². The number of likely N-dealkylation sites (N-methyl/N-ethyl adjacent to an activating group) is 1. The summed E-state index contributed by atoms with van der Waals surface area (Å²) < 4.78 is 5.16. The van der Waals surface area contributed by atoms with Crippen LogP contribution in [0.15, 0.2) is 30.3 Å². The first-order chi connectivity index (χ1) is 8.36. The van der Waals surface area contributed by atoms with Crippen molar-refractivity contribution in [1.82, 2.24) is 4.90 Å². The second-order valence-electron chi connectivity index (χ2n) is 4.07. The average molecular weight is 236 g/mol. The summed E-state index contributed by atoms with van der Waals surface area (Å²) in [6.07, 6.45) is 0.987. The number of nitrogens with two attached hydrogens (primary N) is 1. The highest BCUT2D eigenvalue weighted by atomic mass is 16.5. The molecule has 0 aliphatic carbocycles. The quantitative estimate of drug-likeness (QED) is 0.865. The Bertz CT molecular complexity index is 271. The SMILES string of the molecule is CCN1CCOCC1.NCCc1ccccc1. The highest BCUT2D eigenvalue weighted by Crippen LogP contribution is 1.96. The van der Waals surface area contributed by atoms with Crippen LogP contribution in [0.2, 0.25) is 0 Å². The van der Waals surface area contributed by atoms with Crippen LogP contribution in [0.25, 0.3) is 0 Å². The van der Waals surface area contributed by atoms with Crippen molar-refractivity contribution in [3.8, 4) is 0 Å². The molecule has 2 N–H and O–H groups in total. The van der Waals surface area contributed by atoms with E-state index in [1.165, 1.54) is 12.1 Å². The number of morpholine rings is 1. The van der Waals surface area contributed by atoms with Gasteiger partial charge in [0.25, 0.3) is 0 Å². The molecule has 1 heterocycles. The lowest BCUT2D eigenvalue weighted by molar-refractivity contribution is 0.0405. The van der Waals surface area contributed by atoms with Gasteiger partial charge in [0.05, 0.1) is 13.2 Å². The van der Waals surface area contributed by atoms with Gasteiger partial charge in [0.1, 0.15) is 0 Å². The van der Waals surface area contributed by atoms with E-state index in [1.807, 2.05) is 18.2 Å². The second-order valence-corrected chi connectivity index (χ2v) is 4.07. The molecule has 1 saturated heterocycles. The van der Waals surface area contributed by atoms with Gasteiger partial charge < -0.3 is 10.5 Å². The van der Waals surface area contributed by atoms with E-state index in [2.05, 4.69) is 24.0 Å². The molecule has 0 amide bonds. The third-order valence-electron chi connectivity index (χ3n) is 2.83. The number of nitrogens with zero attached hydrogens (tertiary/aromatic N) is 1. The molecule has 96 valence electrons. The predicted molar refractivity (Wildman–Crippen MR) is 72.1 cm³/mol. The summed E-state index contributed by atoms with van der Waals surface area (Å²) in [4.78, 5) is 2.39. The lowest BCUT2D eigenvalue weighted by Crippen LogP contribution is -2.35. The van der Waals surface area contributed by atoms with Crippen LogP contribution < -0.4 is 5.73 Å². The van der Waals surface area contributed by atoms with Crippen molar-refractivity contribution in [2.45, 2.75) is 13.3 Å². The van der Waals surface area contributed by atoms with Crippen molar-refractivity contribution in [2.24, 2.45) is 5.73 Å². The first-order valence-corrected chi connectivity index (χ1v) is 6.41. The molecule has 17 heavy (non-hydrogen) atoms. The molecule has 0 aromatic heterocycles. The van der Waals surface area contributed by atoms with Crippen LogP contribution in [-0.4, -0.2) is 44.3 Å². The summed E-state index contributed by atoms with van der Waals surface area (Å²) in [5.41, 5.74) is 6.68. The van der Waals surface area contributed by atoms with Gasteiger partial charge in [-0.15, -0.1) is 0 Å². The third-order valence-corrected chi connectivity index (χ3v) is 2.83. The van der Waals surface area contributed by atoms with E-state index >= 15 is 0 Å². The van der Waals surface area contributed by atoms with E-state index in [1.54, 1.807) is 0 Å². The Morgan fingerprint density at radius 1 is 1.18 bits per heavy atom. The van der Waals surface area contributed by atoms with Crippen LogP contribution in [-0.2, 0) is 11.2 Å². The first kappa shape index (κ1) is 14.2. The van der Waals surface area contributed by atoms with Gasteiger partial charge in [-0.3, -0.25) is 4.90 Å². The van der Waals surface area contributed by atoms with E-state index < -0.39 is 0 Å². The zero-order valence-corrected chi connectivity index (χ0v) is 10.8. The van der Waals surface area contributed by atoms with Crippen molar-refractivity contribution < 1.29 is 4.74 Å². The summed E-state index contributed by atoms with van der Waals surface area (Å²) in [7, 11) is 0. The molecule has 0 radical (unpaired) electrons. The van der Waals surface area contributed by atoms with Crippen molar-refractivity contribution >= 4 is 0 Å². The second kappa shape index (κ2) is 9.16. The van der Waals surface area contributed by atoms with Crippen LogP contribution in [0.4, 0.5) is 0 Å². The molecule has 0 unspecified atom stereocenters. The van der Waals surface area contributed by atoms with Gasteiger partial charge in [-0.05, 0) is 25.1 Å². The van der Waals surface area contributed by atoms with Gasteiger partial charge in [0.2, 0.25) is 0 Å². The summed E-state index contributed by atoms with van der Waals surface area (Å²) in [6, 6.07) is 10.3. The minimum absolute atomic E-state index is 0.740. The van der Waals surface area contributed by atoms with E-state index in [0.717, 1.165) is 39.3 Å². The number of rotatable bonds is 3. The summed E-state index contributed by atoms with van der Waals surface area (Å²) in [5, 5.41) is 0. The Labute approximate surface area is 105 Å². The molecule has 1 aliphatic rings. The van der Waals surface area contributed by atoms with Crippen molar-refractivity contribution in [3.05, 3.63) is 35.9 Å². The number of ether oxygens (including phenoxy) is 1. The Morgan fingerprint density at radius 3 is 2.29 bits per heavy atom. The molecule has 0 saturated carbocycles. The highest BCUT2D eigenvalue weighted by Gasteiger charge is 2.05. The van der Waals surface area contributed by atoms with Crippen LogP contribution in [0.3, 0.4) is 0 Å². The topological polar surface area (TPSA) is 38.5 Å². The molecule has 2 rings (SSSR count). The predicted octanol–water partition coefficient (Wildman–Crippen LogP) is 1.53. The minimum Gasteiger partial charge on any atom is -0.379 e. The zero-order valence-electron chi connectivity index (χ0n) is 10.8. The Morgan fingerprint density at radius 2 is 1.82 bits per heavy atom. The number of hydrogen-bond acceptors (Lipinski definition) is 3. The molecular formula is C14H24N2O. The lowest BCUT2D eigenvalue weighted by Gasteiger charge is -2.24. The number of benzene rings is 1. The molecule has 1 aliphatic heterocycles. The molecule has 0 spiro atoms. The van der Waals surface area contributed by atoms with Crippen LogP contribution >= 0.6 is 0 Å². The van der Waals surface area contributed by atoms with E-state index in [9.17, 15) is 0 Å². The summed E-state index contributed by atoms with van der Waals surface area (Å²) in [5.74, 6) is 0. The molecule has 0 bridgehead atoms. The lowest BCUT2D eigenvalue weighted by atomic mass is 10.2. The monoisotopic (exact) mass is 236 g/mol. The third kappa shape index (κ3) is 6.41. The molecule has 3 heteroatoms. The van der Waals surface area contributed by atoms with Crippen LogP contribution in [0.1, 0.15) is 12.5 Å². The van der Waals surface area contributed by atoms with Crippen molar-refractivity contribution in [1.29, 1.82) is 0 Å². The van der Waals surface area contributed by atoms with Gasteiger partial charge in [-0.25, -0.2) is 0 Å². The minimum atomic E-state index is 0.740. The van der Waals surface area contributed by atoms with Gasteiger partial charge in [-0.1, -0.05) is 37.3 Å². The highest BCUT2D eigenvalue weighted by molar-refractivity contribution is 5.14.